The molecule has 7 nitrogen and oxygen atoms in total. The smallest absolute Gasteiger partial charge is 0.329 e. The van der Waals surface area contributed by atoms with Crippen LogP contribution in [0.4, 0.5) is 5.69 Å². The fraction of sp³-hybridized carbons (Fsp3) is 0.316. The Morgan fingerprint density at radius 1 is 1.12 bits per heavy atom. The number of nitrogens with one attached hydrogen (secondary N) is 1. The van der Waals surface area contributed by atoms with Crippen LogP contribution >= 0.6 is 0 Å². The number of hydrogen-bond donors (Lipinski definition) is 1. The number of rotatable bonds is 7. The number of amides is 2. The van der Waals surface area contributed by atoms with Gasteiger partial charge in [0, 0.05) is 12.7 Å². The number of anilines is 1. The Kier molecular flexibility index (Phi) is 6.54. The molecule has 7 heteroatoms. The number of furan rings is 1. The van der Waals surface area contributed by atoms with Gasteiger partial charge < -0.3 is 19.4 Å². The van der Waals surface area contributed by atoms with Gasteiger partial charge in [-0.1, -0.05) is 32.0 Å². The molecule has 0 radical (unpaired) electrons. The molecule has 1 aromatic carbocycles. The van der Waals surface area contributed by atoms with E-state index in [2.05, 4.69) is 5.32 Å². The van der Waals surface area contributed by atoms with Crippen LogP contribution in [0.5, 0.6) is 0 Å². The third kappa shape index (κ3) is 4.95. The highest BCUT2D eigenvalue weighted by atomic mass is 16.5. The van der Waals surface area contributed by atoms with Crippen molar-refractivity contribution in [3.05, 3.63) is 54.5 Å². The molecule has 1 N–H and O–H groups in total. The van der Waals surface area contributed by atoms with E-state index < -0.39 is 24.5 Å². The Morgan fingerprint density at radius 2 is 1.81 bits per heavy atom. The van der Waals surface area contributed by atoms with Crippen molar-refractivity contribution >= 4 is 23.5 Å². The summed E-state index contributed by atoms with van der Waals surface area (Å²) in [5, 5.41) is 2.57. The second-order valence-electron chi connectivity index (χ2n) is 6.07. The average molecular weight is 358 g/mol. The third-order valence-corrected chi connectivity index (χ3v) is 3.81. The lowest BCUT2D eigenvalue weighted by molar-refractivity contribution is -0.150. The molecule has 0 saturated heterocycles. The van der Waals surface area contributed by atoms with E-state index in [-0.39, 0.29) is 17.6 Å². The molecule has 1 heterocycles. The first-order valence-corrected chi connectivity index (χ1v) is 8.22. The van der Waals surface area contributed by atoms with E-state index in [1.165, 1.54) is 17.2 Å². The molecule has 0 saturated carbocycles. The summed E-state index contributed by atoms with van der Waals surface area (Å²) in [7, 11) is 1.60. The standard InChI is InChI=1S/C19H22N2O5/c1-13(2)17(20-18(23)15-10-7-11-25-15)19(24)26-12-16(22)21(3)14-8-5-4-6-9-14/h4-11,13,17H,12H2,1-3H3,(H,20,23)/t17-/m0/s1. The molecule has 26 heavy (non-hydrogen) atoms. The summed E-state index contributed by atoms with van der Waals surface area (Å²) in [6, 6.07) is 11.2. The number of benzene rings is 1. The Labute approximate surface area is 151 Å². The Morgan fingerprint density at radius 3 is 2.38 bits per heavy atom. The number of para-hydroxylation sites is 1. The third-order valence-electron chi connectivity index (χ3n) is 3.81. The van der Waals surface area contributed by atoms with E-state index in [1.807, 2.05) is 18.2 Å². The lowest BCUT2D eigenvalue weighted by Gasteiger charge is -2.21. The van der Waals surface area contributed by atoms with Crippen LogP contribution in [0.2, 0.25) is 0 Å². The van der Waals surface area contributed by atoms with E-state index in [4.69, 9.17) is 9.15 Å². The maximum Gasteiger partial charge on any atom is 0.329 e. The molecule has 2 aromatic rings. The lowest BCUT2D eigenvalue weighted by Crippen LogP contribution is -2.46. The van der Waals surface area contributed by atoms with Gasteiger partial charge in [-0.25, -0.2) is 4.79 Å². The van der Waals surface area contributed by atoms with Crippen LogP contribution in [-0.4, -0.2) is 37.5 Å². The van der Waals surface area contributed by atoms with Crippen molar-refractivity contribution in [3.8, 4) is 0 Å². The van der Waals surface area contributed by atoms with E-state index in [9.17, 15) is 14.4 Å². The maximum atomic E-state index is 12.3. The zero-order chi connectivity index (χ0) is 19.1. The molecule has 0 aliphatic rings. The zero-order valence-corrected chi connectivity index (χ0v) is 15.0. The molecule has 2 amide bonds. The van der Waals surface area contributed by atoms with Gasteiger partial charge in [-0.15, -0.1) is 0 Å². The minimum Gasteiger partial charge on any atom is -0.459 e. The molecule has 0 unspecified atom stereocenters. The molecule has 0 aliphatic heterocycles. The van der Waals surface area contributed by atoms with E-state index >= 15 is 0 Å². The Hall–Kier alpha value is -3.09. The molecule has 2 rings (SSSR count). The predicted octanol–water partition coefficient (Wildman–Crippen LogP) is 2.24. The normalized spacial score (nSPS) is 11.7. The van der Waals surface area contributed by atoms with E-state index in [0.717, 1.165) is 0 Å². The number of nitrogens with zero attached hydrogens (tertiary/aromatic N) is 1. The first-order valence-electron chi connectivity index (χ1n) is 8.22. The van der Waals surface area contributed by atoms with Crippen molar-refractivity contribution in [2.45, 2.75) is 19.9 Å². The number of ether oxygens (including phenoxy) is 1. The molecule has 0 aliphatic carbocycles. The van der Waals surface area contributed by atoms with Gasteiger partial charge in [-0.3, -0.25) is 9.59 Å². The first-order chi connectivity index (χ1) is 12.4. The highest BCUT2D eigenvalue weighted by Crippen LogP contribution is 2.12. The Bertz CT molecular complexity index is 741. The number of carbonyl (C=O) groups excluding carboxylic acids is 3. The number of esters is 1. The van der Waals surface area contributed by atoms with E-state index in [1.54, 1.807) is 39.1 Å². The van der Waals surface area contributed by atoms with Crippen LogP contribution in [0.3, 0.4) is 0 Å². The van der Waals surface area contributed by atoms with Gasteiger partial charge in [0.15, 0.2) is 12.4 Å². The predicted molar refractivity (Wildman–Crippen MR) is 95.6 cm³/mol. The fourth-order valence-corrected chi connectivity index (χ4v) is 2.23. The molecule has 0 bridgehead atoms. The highest BCUT2D eigenvalue weighted by molar-refractivity contribution is 5.96. The zero-order valence-electron chi connectivity index (χ0n) is 15.0. The fourth-order valence-electron chi connectivity index (χ4n) is 2.23. The molecule has 0 fully saturated rings. The molecular weight excluding hydrogens is 336 g/mol. The van der Waals surface area contributed by atoms with Gasteiger partial charge in [0.1, 0.15) is 6.04 Å². The summed E-state index contributed by atoms with van der Waals surface area (Å²) in [6.07, 6.45) is 1.37. The minimum atomic E-state index is -0.887. The second-order valence-corrected chi connectivity index (χ2v) is 6.07. The summed E-state index contributed by atoms with van der Waals surface area (Å²) >= 11 is 0. The van der Waals surface area contributed by atoms with E-state index in [0.29, 0.717) is 5.69 Å². The average Bonchev–Trinajstić information content (AvgIpc) is 3.18. The van der Waals surface area contributed by atoms with Crippen LogP contribution < -0.4 is 10.2 Å². The van der Waals surface area contributed by atoms with Gasteiger partial charge in [0.25, 0.3) is 11.8 Å². The summed E-state index contributed by atoms with van der Waals surface area (Å²) in [5.41, 5.74) is 0.695. The minimum absolute atomic E-state index is 0.100. The Balaban J connectivity index is 1.93. The molecule has 138 valence electrons. The summed E-state index contributed by atoms with van der Waals surface area (Å²) in [5.74, 6) is -1.68. The number of carbonyl (C=O) groups is 3. The summed E-state index contributed by atoms with van der Waals surface area (Å²) < 4.78 is 10.1. The van der Waals surface area contributed by atoms with Crippen molar-refractivity contribution < 1.29 is 23.5 Å². The van der Waals surface area contributed by atoms with Gasteiger partial charge >= 0.3 is 5.97 Å². The van der Waals surface area contributed by atoms with Crippen molar-refractivity contribution in [2.75, 3.05) is 18.6 Å². The van der Waals surface area contributed by atoms with Crippen LogP contribution in [0.15, 0.2) is 53.1 Å². The summed E-state index contributed by atoms with van der Waals surface area (Å²) in [4.78, 5) is 38.0. The molecule has 1 atom stereocenters. The topological polar surface area (TPSA) is 88.9 Å². The van der Waals surface area contributed by atoms with Crippen LogP contribution in [0.1, 0.15) is 24.4 Å². The molecular formula is C19H22N2O5. The van der Waals surface area contributed by atoms with Crippen LogP contribution in [0.25, 0.3) is 0 Å². The quantitative estimate of drug-likeness (QED) is 0.767. The lowest BCUT2D eigenvalue weighted by atomic mass is 10.0. The maximum absolute atomic E-state index is 12.3. The van der Waals surface area contributed by atoms with Crippen molar-refractivity contribution in [3.63, 3.8) is 0 Å². The second kappa shape index (κ2) is 8.84. The van der Waals surface area contributed by atoms with Gasteiger partial charge in [-0.05, 0) is 30.2 Å². The molecule has 0 spiro atoms. The molecule has 1 aromatic heterocycles. The SMILES string of the molecule is CC(C)[C@H](NC(=O)c1ccco1)C(=O)OCC(=O)N(C)c1ccccc1. The van der Waals surface area contributed by atoms with Crippen LogP contribution in [0, 0.1) is 5.92 Å². The van der Waals surface area contributed by atoms with Crippen molar-refractivity contribution in [2.24, 2.45) is 5.92 Å². The van der Waals surface area contributed by atoms with Gasteiger partial charge in [0.05, 0.1) is 6.26 Å². The van der Waals surface area contributed by atoms with Gasteiger partial charge in [0.2, 0.25) is 0 Å². The first kappa shape index (κ1) is 19.2. The monoisotopic (exact) mass is 358 g/mol. The number of hydrogen-bond acceptors (Lipinski definition) is 5. The van der Waals surface area contributed by atoms with Crippen LogP contribution in [-0.2, 0) is 14.3 Å². The van der Waals surface area contributed by atoms with Crippen molar-refractivity contribution in [1.82, 2.24) is 5.32 Å². The largest absolute Gasteiger partial charge is 0.459 e. The van der Waals surface area contributed by atoms with Gasteiger partial charge in [-0.2, -0.15) is 0 Å². The van der Waals surface area contributed by atoms with Crippen molar-refractivity contribution in [1.29, 1.82) is 0 Å². The number of likely N-dealkylation sites (N-methyl/N-ethyl adjacent to an activating group) is 1. The highest BCUT2D eigenvalue weighted by Gasteiger charge is 2.28. The summed E-state index contributed by atoms with van der Waals surface area (Å²) in [6.45, 7) is 3.13.